The third kappa shape index (κ3) is 11.0. The number of para-hydroxylation sites is 2. The first-order chi connectivity index (χ1) is 35.0. The molecule has 6 amide bonds. The van der Waals surface area contributed by atoms with Crippen molar-refractivity contribution in [3.05, 3.63) is 132 Å². The molecule has 6 atom stereocenters. The van der Waals surface area contributed by atoms with Crippen molar-refractivity contribution < 1.29 is 28.8 Å². The average molecular weight is 977 g/mol. The van der Waals surface area contributed by atoms with Crippen molar-refractivity contribution in [3.63, 3.8) is 0 Å². The number of carbonyl (C=O) groups excluding carboxylic acids is 6. The van der Waals surface area contributed by atoms with Gasteiger partial charge in [0.2, 0.25) is 23.6 Å². The number of carbonyl (C=O) groups is 6. The van der Waals surface area contributed by atoms with E-state index in [0.29, 0.717) is 74.9 Å². The molecule has 6 aromatic rings. The minimum atomic E-state index is -0.848. The number of benzene rings is 4. The lowest BCUT2D eigenvalue weighted by molar-refractivity contribution is -0.133. The maximum absolute atomic E-state index is 13.4. The second kappa shape index (κ2) is 22.8. The van der Waals surface area contributed by atoms with Crippen LogP contribution in [0.4, 0.5) is 0 Å². The summed E-state index contributed by atoms with van der Waals surface area (Å²) in [6.07, 6.45) is 7.46. The third-order valence-electron chi connectivity index (χ3n) is 15.0. The molecule has 18 nitrogen and oxygen atoms in total. The molecule has 4 aromatic carbocycles. The van der Waals surface area contributed by atoms with E-state index in [4.69, 9.17) is 11.5 Å². The molecule has 2 aliphatic carbocycles. The summed E-state index contributed by atoms with van der Waals surface area (Å²) in [5.74, 6) is -1.99. The Labute approximate surface area is 418 Å². The number of hydrogen-bond donors (Lipinski definition) is 6. The van der Waals surface area contributed by atoms with Gasteiger partial charge in [0.05, 0.1) is 22.9 Å². The van der Waals surface area contributed by atoms with Crippen molar-refractivity contribution in [3.8, 4) is 0 Å². The number of aromatic amines is 2. The highest BCUT2D eigenvalue weighted by atomic mass is 16.2. The van der Waals surface area contributed by atoms with Crippen LogP contribution in [0.15, 0.2) is 109 Å². The molecule has 2 aliphatic heterocycles. The highest BCUT2D eigenvalue weighted by molar-refractivity contribution is 6.05. The van der Waals surface area contributed by atoms with E-state index in [1.807, 2.05) is 94.7 Å². The Kier molecular flexibility index (Phi) is 15.7. The molecule has 2 aromatic heterocycles. The maximum Gasteiger partial charge on any atom is 0.275 e. The highest BCUT2D eigenvalue weighted by Gasteiger charge is 2.40. The molecule has 4 aliphatic rings. The van der Waals surface area contributed by atoms with Crippen LogP contribution in [0, 0.1) is 11.8 Å². The summed E-state index contributed by atoms with van der Waals surface area (Å²) in [5, 5.41) is 21.9. The molecule has 0 spiro atoms. The summed E-state index contributed by atoms with van der Waals surface area (Å²) >= 11 is 0. The first-order valence-electron chi connectivity index (χ1n) is 25.3. The molecular weight excluding hydrogens is 913 g/mol. The Morgan fingerprint density at radius 3 is 1.19 bits per heavy atom. The molecule has 18 heteroatoms. The van der Waals surface area contributed by atoms with Gasteiger partial charge < -0.3 is 31.9 Å². The zero-order valence-electron chi connectivity index (χ0n) is 40.5. The van der Waals surface area contributed by atoms with E-state index in [0.717, 1.165) is 73.2 Å². The van der Waals surface area contributed by atoms with Gasteiger partial charge in [0.25, 0.3) is 11.8 Å². The summed E-state index contributed by atoms with van der Waals surface area (Å²) in [6.45, 7) is 5.11. The fourth-order valence-electron chi connectivity index (χ4n) is 11.2. The van der Waals surface area contributed by atoms with E-state index in [1.165, 1.54) is 0 Å². The predicted molar refractivity (Wildman–Crippen MR) is 272 cm³/mol. The normalized spacial score (nSPS) is 21.7. The largest absolute Gasteiger partial charge is 0.368 e. The first kappa shape index (κ1) is 49.5. The van der Waals surface area contributed by atoms with Crippen LogP contribution in [0.3, 0.4) is 0 Å². The Morgan fingerprint density at radius 2 is 0.819 bits per heavy atom. The molecule has 72 heavy (non-hydrogen) atoms. The number of amides is 6. The maximum atomic E-state index is 13.4. The van der Waals surface area contributed by atoms with Crippen molar-refractivity contribution in [2.75, 3.05) is 52.4 Å². The van der Waals surface area contributed by atoms with Crippen LogP contribution in [0.5, 0.6) is 0 Å². The molecule has 376 valence electrons. The number of aromatic nitrogens is 4. The van der Waals surface area contributed by atoms with Crippen molar-refractivity contribution in [1.29, 1.82) is 0 Å². The fourth-order valence-corrected chi connectivity index (χ4v) is 11.2. The van der Waals surface area contributed by atoms with E-state index in [9.17, 15) is 28.8 Å². The number of piperazine rings is 2. The van der Waals surface area contributed by atoms with E-state index in [1.54, 1.807) is 24.3 Å². The molecule has 2 saturated carbocycles. The summed E-state index contributed by atoms with van der Waals surface area (Å²) in [6, 6.07) is 31.9. The van der Waals surface area contributed by atoms with Crippen LogP contribution in [-0.2, 0) is 19.2 Å². The van der Waals surface area contributed by atoms with Gasteiger partial charge in [0.15, 0.2) is 11.4 Å². The quantitative estimate of drug-likeness (QED) is 0.101. The summed E-state index contributed by atoms with van der Waals surface area (Å²) in [7, 11) is 0. The summed E-state index contributed by atoms with van der Waals surface area (Å²) < 4.78 is 0. The Bertz CT molecular complexity index is 2660. The van der Waals surface area contributed by atoms with Crippen LogP contribution >= 0.6 is 0 Å². The molecule has 10 rings (SSSR count). The number of rotatable bonds is 12. The first-order valence-corrected chi connectivity index (χ1v) is 25.3. The number of fused-ring (bicyclic) bond motifs is 2. The lowest BCUT2D eigenvalue weighted by Crippen LogP contribution is -2.56. The van der Waals surface area contributed by atoms with E-state index >= 15 is 0 Å². The van der Waals surface area contributed by atoms with E-state index in [2.05, 4.69) is 40.8 Å². The van der Waals surface area contributed by atoms with Crippen molar-refractivity contribution >= 4 is 57.2 Å². The van der Waals surface area contributed by atoms with Crippen molar-refractivity contribution in [2.24, 2.45) is 23.3 Å². The molecule has 0 unspecified atom stereocenters. The SMILES string of the molecule is NC(=O)[C@@H](NC(=O)[C@@H]1CCCC[C@H]1N1CCN(C(=O)c2n[nH]c3ccccc23)CC1)c1ccccc1.NC(=O)[C@@H](NC(=O)[C@H]1CCCC[C@@H]1N1CCN(C(=O)c2n[nH]c3ccccc23)CC1)c1ccccc1. The lowest BCUT2D eigenvalue weighted by atomic mass is 9.82. The van der Waals surface area contributed by atoms with Crippen LogP contribution < -0.4 is 22.1 Å². The van der Waals surface area contributed by atoms with Gasteiger partial charge in [0, 0.05) is 75.2 Å². The average Bonchev–Trinajstić information content (AvgIpc) is 4.07. The number of H-pyrrole nitrogens is 2. The van der Waals surface area contributed by atoms with Crippen LogP contribution in [0.2, 0.25) is 0 Å². The number of nitrogens with zero attached hydrogens (tertiary/aromatic N) is 6. The number of primary amides is 2. The number of nitrogens with one attached hydrogen (secondary N) is 4. The number of nitrogens with two attached hydrogens (primary N) is 2. The van der Waals surface area contributed by atoms with Crippen LogP contribution in [0.25, 0.3) is 21.8 Å². The topological polar surface area (TPSA) is 249 Å². The monoisotopic (exact) mass is 977 g/mol. The van der Waals surface area contributed by atoms with Crippen molar-refractivity contribution in [2.45, 2.75) is 75.5 Å². The zero-order chi connectivity index (χ0) is 50.1. The summed E-state index contributed by atoms with van der Waals surface area (Å²) in [4.78, 5) is 85.7. The molecular formula is C54H64N12O6. The van der Waals surface area contributed by atoms with Gasteiger partial charge in [0.1, 0.15) is 12.1 Å². The van der Waals surface area contributed by atoms with E-state index in [-0.39, 0.29) is 47.5 Å². The van der Waals surface area contributed by atoms with Gasteiger partial charge in [-0.05, 0) is 48.9 Å². The van der Waals surface area contributed by atoms with Crippen LogP contribution in [-0.4, -0.2) is 140 Å². The van der Waals surface area contributed by atoms with E-state index < -0.39 is 23.9 Å². The molecule has 4 fully saturated rings. The number of hydrogen-bond acceptors (Lipinski definition) is 10. The molecule has 2 saturated heterocycles. The Morgan fingerprint density at radius 1 is 0.472 bits per heavy atom. The fraction of sp³-hybridized carbons (Fsp3) is 0.407. The molecule has 4 heterocycles. The standard InChI is InChI=1S/2C27H32N6O3/c2*28-25(34)23(18-8-2-1-3-9-18)29-26(35)20-11-5-7-13-22(20)32-14-16-33(17-15-32)27(36)24-19-10-4-6-12-21(19)30-31-24/h2*1-4,6,8-10,12,20,22-23H,5,7,11,13-17H2,(H2,28,34)(H,29,35)(H,30,31)/t20-,22-,23+;20-,22-,23-/m10/s1. The predicted octanol–water partition coefficient (Wildman–Crippen LogP) is 4.44. The van der Waals surface area contributed by atoms with Crippen molar-refractivity contribution in [1.82, 2.24) is 50.6 Å². The molecule has 0 radical (unpaired) electrons. The smallest absolute Gasteiger partial charge is 0.275 e. The van der Waals surface area contributed by atoms with Gasteiger partial charge in [-0.25, -0.2) is 0 Å². The second-order valence-corrected chi connectivity index (χ2v) is 19.3. The molecule has 8 N–H and O–H groups in total. The highest BCUT2D eigenvalue weighted by Crippen LogP contribution is 2.33. The minimum Gasteiger partial charge on any atom is -0.368 e. The summed E-state index contributed by atoms with van der Waals surface area (Å²) in [5.41, 5.74) is 15.2. The van der Waals surface area contributed by atoms with Crippen LogP contribution in [0.1, 0.15) is 95.6 Å². The van der Waals surface area contributed by atoms with Gasteiger partial charge in [-0.3, -0.25) is 48.8 Å². The van der Waals surface area contributed by atoms with Gasteiger partial charge >= 0.3 is 0 Å². The Hall–Kier alpha value is -7.44. The molecule has 0 bridgehead atoms. The van der Waals surface area contributed by atoms with Gasteiger partial charge in [-0.2, -0.15) is 10.2 Å². The second-order valence-electron chi connectivity index (χ2n) is 19.3. The third-order valence-corrected chi connectivity index (χ3v) is 15.0. The van der Waals surface area contributed by atoms with Gasteiger partial charge in [-0.1, -0.05) is 123 Å². The zero-order valence-corrected chi connectivity index (χ0v) is 40.5. The lowest BCUT2D eigenvalue weighted by Gasteiger charge is -2.43. The van der Waals surface area contributed by atoms with Gasteiger partial charge in [-0.15, -0.1) is 0 Å². The minimum absolute atomic E-state index is 0.0720. The Balaban J connectivity index is 0.000000178.